The van der Waals surface area contributed by atoms with Crippen LogP contribution in [0.25, 0.3) is 5.13 Å². The molecule has 0 saturated carbocycles. The predicted molar refractivity (Wildman–Crippen MR) is 112 cm³/mol. The van der Waals surface area contributed by atoms with Crippen LogP contribution in [0.2, 0.25) is 0 Å². The number of hydrogen-bond donors (Lipinski definition) is 1. The first-order valence-electron chi connectivity index (χ1n) is 9.70. The SMILES string of the molecule is Cc1cccc(CNCc2cccn2-c2nnc(N3CCC(C)CC3)s2)c1. The standard InChI is InChI=1S/C21H27N5S/c1-16-8-11-25(12-9-16)20-23-24-21(27-20)26-10-4-7-19(26)15-22-14-18-6-3-5-17(2)13-18/h3-7,10,13,16,22H,8-9,11-12,14-15H2,1-2H3. The van der Waals surface area contributed by atoms with Crippen LogP contribution in [0.5, 0.6) is 0 Å². The van der Waals surface area contributed by atoms with Crippen molar-refractivity contribution in [2.45, 2.75) is 39.8 Å². The molecule has 0 spiro atoms. The van der Waals surface area contributed by atoms with Crippen molar-refractivity contribution in [3.8, 4) is 5.13 Å². The number of aryl methyl sites for hydroxylation is 1. The number of benzene rings is 1. The topological polar surface area (TPSA) is 46.0 Å². The molecule has 1 aliphatic heterocycles. The van der Waals surface area contributed by atoms with Gasteiger partial charge in [-0.25, -0.2) is 0 Å². The van der Waals surface area contributed by atoms with Crippen LogP contribution in [0.15, 0.2) is 42.6 Å². The second kappa shape index (κ2) is 8.23. The lowest BCUT2D eigenvalue weighted by molar-refractivity contribution is 0.437. The predicted octanol–water partition coefficient (Wildman–Crippen LogP) is 4.16. The summed E-state index contributed by atoms with van der Waals surface area (Å²) in [6, 6.07) is 12.8. The highest BCUT2D eigenvalue weighted by atomic mass is 32.1. The fourth-order valence-corrected chi connectivity index (χ4v) is 4.45. The van der Waals surface area contributed by atoms with E-state index in [0.29, 0.717) is 0 Å². The average Bonchev–Trinajstić information content (AvgIpc) is 3.31. The molecule has 1 aliphatic rings. The highest BCUT2D eigenvalue weighted by molar-refractivity contribution is 7.17. The van der Waals surface area contributed by atoms with Gasteiger partial charge in [-0.2, -0.15) is 0 Å². The van der Waals surface area contributed by atoms with Crippen molar-refractivity contribution in [2.75, 3.05) is 18.0 Å². The molecule has 27 heavy (non-hydrogen) atoms. The molecule has 0 radical (unpaired) electrons. The first-order chi connectivity index (χ1) is 13.2. The molecule has 3 aromatic rings. The van der Waals surface area contributed by atoms with E-state index in [1.54, 1.807) is 11.3 Å². The quantitative estimate of drug-likeness (QED) is 0.696. The number of anilines is 1. The van der Waals surface area contributed by atoms with Crippen molar-refractivity contribution >= 4 is 16.5 Å². The minimum absolute atomic E-state index is 0.803. The Morgan fingerprint density at radius 2 is 1.89 bits per heavy atom. The highest BCUT2D eigenvalue weighted by Gasteiger charge is 2.20. The molecular weight excluding hydrogens is 354 g/mol. The van der Waals surface area contributed by atoms with Gasteiger partial charge >= 0.3 is 0 Å². The van der Waals surface area contributed by atoms with Gasteiger partial charge < -0.3 is 10.2 Å². The van der Waals surface area contributed by atoms with Gasteiger partial charge in [-0.1, -0.05) is 48.1 Å². The molecule has 2 aromatic heterocycles. The van der Waals surface area contributed by atoms with Crippen LogP contribution in [0, 0.1) is 12.8 Å². The number of nitrogens with zero attached hydrogens (tertiary/aromatic N) is 4. The van der Waals surface area contributed by atoms with E-state index < -0.39 is 0 Å². The Morgan fingerprint density at radius 1 is 1.07 bits per heavy atom. The Balaban J connectivity index is 1.40. The van der Waals surface area contributed by atoms with Crippen molar-refractivity contribution in [3.05, 3.63) is 59.4 Å². The summed E-state index contributed by atoms with van der Waals surface area (Å²) >= 11 is 1.68. The molecule has 0 bridgehead atoms. The molecule has 1 aromatic carbocycles. The summed E-state index contributed by atoms with van der Waals surface area (Å²) in [5.41, 5.74) is 3.81. The molecular formula is C21H27N5S. The number of piperidine rings is 1. The van der Waals surface area contributed by atoms with Gasteiger partial charge in [0.05, 0.1) is 0 Å². The maximum Gasteiger partial charge on any atom is 0.218 e. The largest absolute Gasteiger partial charge is 0.347 e. The molecule has 1 N–H and O–H groups in total. The van der Waals surface area contributed by atoms with E-state index in [9.17, 15) is 0 Å². The third-order valence-corrected chi connectivity index (χ3v) is 6.20. The Morgan fingerprint density at radius 3 is 2.70 bits per heavy atom. The van der Waals surface area contributed by atoms with Crippen LogP contribution in [0.1, 0.15) is 36.6 Å². The Bertz CT molecular complexity index is 876. The maximum atomic E-state index is 4.45. The van der Waals surface area contributed by atoms with Crippen LogP contribution < -0.4 is 10.2 Å². The first kappa shape index (κ1) is 18.2. The minimum Gasteiger partial charge on any atom is -0.347 e. The molecule has 0 amide bonds. The van der Waals surface area contributed by atoms with Gasteiger partial charge in [0, 0.05) is 38.1 Å². The lowest BCUT2D eigenvalue weighted by Crippen LogP contribution is -2.32. The van der Waals surface area contributed by atoms with Gasteiger partial charge in [0.2, 0.25) is 10.3 Å². The first-order valence-corrected chi connectivity index (χ1v) is 10.5. The van der Waals surface area contributed by atoms with E-state index in [-0.39, 0.29) is 0 Å². The summed E-state index contributed by atoms with van der Waals surface area (Å²) < 4.78 is 2.15. The third-order valence-electron chi connectivity index (χ3n) is 5.21. The van der Waals surface area contributed by atoms with Crippen molar-refractivity contribution < 1.29 is 0 Å². The van der Waals surface area contributed by atoms with Crippen molar-refractivity contribution in [1.82, 2.24) is 20.1 Å². The van der Waals surface area contributed by atoms with Gasteiger partial charge in [-0.15, -0.1) is 10.2 Å². The lowest BCUT2D eigenvalue weighted by Gasteiger charge is -2.29. The van der Waals surface area contributed by atoms with Crippen molar-refractivity contribution in [2.24, 2.45) is 5.92 Å². The Hall–Kier alpha value is -2.18. The average molecular weight is 382 g/mol. The van der Waals surface area contributed by atoms with E-state index in [1.165, 1.54) is 29.7 Å². The molecule has 1 fully saturated rings. The van der Waals surface area contributed by atoms with Gasteiger partial charge in [0.15, 0.2) is 0 Å². The van der Waals surface area contributed by atoms with E-state index in [2.05, 4.69) is 81.4 Å². The highest BCUT2D eigenvalue weighted by Crippen LogP contribution is 2.28. The molecule has 5 nitrogen and oxygen atoms in total. The van der Waals surface area contributed by atoms with E-state index in [4.69, 9.17) is 0 Å². The molecule has 142 valence electrons. The van der Waals surface area contributed by atoms with Crippen LogP contribution in [-0.4, -0.2) is 27.9 Å². The van der Waals surface area contributed by atoms with Crippen LogP contribution in [0.4, 0.5) is 5.13 Å². The van der Waals surface area contributed by atoms with Gasteiger partial charge in [-0.05, 0) is 43.4 Å². The van der Waals surface area contributed by atoms with Crippen LogP contribution in [0.3, 0.4) is 0 Å². The molecule has 1 saturated heterocycles. The minimum atomic E-state index is 0.803. The van der Waals surface area contributed by atoms with Crippen LogP contribution >= 0.6 is 11.3 Å². The Kier molecular flexibility index (Phi) is 5.55. The van der Waals surface area contributed by atoms with Crippen molar-refractivity contribution in [1.29, 1.82) is 0 Å². The molecule has 6 heteroatoms. The normalized spacial score (nSPS) is 15.4. The monoisotopic (exact) mass is 381 g/mol. The lowest BCUT2D eigenvalue weighted by atomic mass is 10.00. The summed E-state index contributed by atoms with van der Waals surface area (Å²) in [4.78, 5) is 2.38. The zero-order chi connectivity index (χ0) is 18.6. The van der Waals surface area contributed by atoms with E-state index in [1.807, 2.05) is 0 Å². The zero-order valence-electron chi connectivity index (χ0n) is 16.1. The van der Waals surface area contributed by atoms with Crippen molar-refractivity contribution in [3.63, 3.8) is 0 Å². The third kappa shape index (κ3) is 4.39. The van der Waals surface area contributed by atoms with E-state index >= 15 is 0 Å². The fraction of sp³-hybridized carbons (Fsp3) is 0.429. The number of rotatable bonds is 6. The molecule has 3 heterocycles. The molecule has 0 atom stereocenters. The summed E-state index contributed by atoms with van der Waals surface area (Å²) in [7, 11) is 0. The van der Waals surface area contributed by atoms with Gasteiger partial charge in [-0.3, -0.25) is 4.57 Å². The number of hydrogen-bond acceptors (Lipinski definition) is 5. The second-order valence-corrected chi connectivity index (χ2v) is 8.43. The number of aromatic nitrogens is 3. The maximum absolute atomic E-state index is 4.45. The molecule has 4 rings (SSSR count). The molecule has 0 aliphatic carbocycles. The van der Waals surface area contributed by atoms with Crippen LogP contribution in [-0.2, 0) is 13.1 Å². The number of nitrogens with one attached hydrogen (secondary N) is 1. The smallest absolute Gasteiger partial charge is 0.218 e. The summed E-state index contributed by atoms with van der Waals surface area (Å²) in [6.45, 7) is 8.31. The Labute approximate surface area is 165 Å². The summed E-state index contributed by atoms with van der Waals surface area (Å²) in [6.07, 6.45) is 4.56. The zero-order valence-corrected chi connectivity index (χ0v) is 16.9. The van der Waals surface area contributed by atoms with Gasteiger partial charge in [0.25, 0.3) is 0 Å². The summed E-state index contributed by atoms with van der Waals surface area (Å²) in [5, 5.41) is 14.4. The van der Waals surface area contributed by atoms with Gasteiger partial charge in [0.1, 0.15) is 0 Å². The second-order valence-electron chi connectivity index (χ2n) is 7.50. The summed E-state index contributed by atoms with van der Waals surface area (Å²) in [5.74, 6) is 0.823. The fourth-order valence-electron chi connectivity index (χ4n) is 3.54. The molecule has 0 unspecified atom stereocenters. The van der Waals surface area contributed by atoms with E-state index in [0.717, 1.165) is 42.4 Å².